The fourth-order valence-corrected chi connectivity index (χ4v) is 4.97. The molecule has 3 aliphatic heterocycles. The van der Waals surface area contributed by atoms with Crippen LogP contribution in [0.1, 0.15) is 48.5 Å². The lowest BCUT2D eigenvalue weighted by Gasteiger charge is -2.38. The second kappa shape index (κ2) is 7.63. The summed E-state index contributed by atoms with van der Waals surface area (Å²) in [7, 11) is 0. The summed E-state index contributed by atoms with van der Waals surface area (Å²) in [5, 5.41) is 0. The van der Waals surface area contributed by atoms with Crippen molar-refractivity contribution in [3.05, 3.63) is 35.4 Å². The van der Waals surface area contributed by atoms with Gasteiger partial charge in [-0.15, -0.1) is 0 Å². The van der Waals surface area contributed by atoms with Gasteiger partial charge in [0.15, 0.2) is 0 Å². The molecule has 1 spiro atoms. The van der Waals surface area contributed by atoms with Crippen LogP contribution < -0.4 is 0 Å². The van der Waals surface area contributed by atoms with E-state index in [1.54, 1.807) is 0 Å². The van der Waals surface area contributed by atoms with E-state index in [2.05, 4.69) is 6.92 Å². The summed E-state index contributed by atoms with van der Waals surface area (Å²) in [5.41, 5.74) is 1.84. The number of nitrogens with zero attached hydrogens (tertiary/aromatic N) is 2. The largest absolute Gasteiger partial charge is 0.381 e. The molecule has 3 fully saturated rings. The van der Waals surface area contributed by atoms with Crippen molar-refractivity contribution in [3.63, 3.8) is 0 Å². The van der Waals surface area contributed by atoms with Gasteiger partial charge < -0.3 is 14.5 Å². The zero-order valence-corrected chi connectivity index (χ0v) is 16.3. The number of hydrogen-bond donors (Lipinski definition) is 0. The number of carbonyl (C=O) groups excluding carboxylic acids is 2. The van der Waals surface area contributed by atoms with E-state index >= 15 is 0 Å². The van der Waals surface area contributed by atoms with Gasteiger partial charge in [-0.05, 0) is 49.8 Å². The molecule has 0 bridgehead atoms. The van der Waals surface area contributed by atoms with Crippen LogP contribution in [-0.2, 0) is 16.0 Å². The zero-order valence-electron chi connectivity index (χ0n) is 16.3. The summed E-state index contributed by atoms with van der Waals surface area (Å²) in [6.07, 6.45) is 4.90. The summed E-state index contributed by atoms with van der Waals surface area (Å²) in [6, 6.07) is 7.90. The first-order valence-corrected chi connectivity index (χ1v) is 10.4. The maximum Gasteiger partial charge on any atom is 0.253 e. The molecule has 27 heavy (non-hydrogen) atoms. The fraction of sp³-hybridized carbons (Fsp3) is 0.636. The Bertz CT molecular complexity index is 688. The Balaban J connectivity index is 1.55. The monoisotopic (exact) mass is 370 g/mol. The standard InChI is InChI=1S/C22H30N2O3/c1-2-17-5-7-18(8-6-17)20(25)24-15-19(21(26)23-11-3-4-12-23)22(16-24)9-13-27-14-10-22/h5-8,19H,2-4,9-16H2,1H3. The molecule has 1 unspecified atom stereocenters. The van der Waals surface area contributed by atoms with Gasteiger partial charge in [0.1, 0.15) is 0 Å². The molecule has 5 nitrogen and oxygen atoms in total. The first kappa shape index (κ1) is 18.5. The van der Waals surface area contributed by atoms with Gasteiger partial charge in [-0.2, -0.15) is 0 Å². The predicted octanol–water partition coefficient (Wildman–Crippen LogP) is 2.74. The van der Waals surface area contributed by atoms with Crippen LogP contribution in [-0.4, -0.2) is 61.0 Å². The zero-order chi connectivity index (χ0) is 18.9. The number of ether oxygens (including phenoxy) is 1. The number of likely N-dealkylation sites (tertiary alicyclic amines) is 2. The summed E-state index contributed by atoms with van der Waals surface area (Å²) >= 11 is 0. The molecule has 1 atom stereocenters. The molecule has 3 saturated heterocycles. The second-order valence-electron chi connectivity index (χ2n) is 8.30. The quantitative estimate of drug-likeness (QED) is 0.822. The van der Waals surface area contributed by atoms with Crippen LogP contribution in [0.2, 0.25) is 0 Å². The van der Waals surface area contributed by atoms with E-state index in [0.717, 1.165) is 50.8 Å². The van der Waals surface area contributed by atoms with E-state index in [1.807, 2.05) is 34.1 Å². The van der Waals surface area contributed by atoms with Gasteiger partial charge >= 0.3 is 0 Å². The molecule has 0 radical (unpaired) electrons. The Morgan fingerprint density at radius 3 is 2.37 bits per heavy atom. The summed E-state index contributed by atoms with van der Waals surface area (Å²) in [6.45, 7) is 6.45. The molecule has 0 N–H and O–H groups in total. The van der Waals surface area contributed by atoms with Crippen LogP contribution in [0, 0.1) is 11.3 Å². The molecule has 0 saturated carbocycles. The van der Waals surface area contributed by atoms with E-state index in [9.17, 15) is 9.59 Å². The van der Waals surface area contributed by atoms with E-state index in [0.29, 0.717) is 26.3 Å². The minimum Gasteiger partial charge on any atom is -0.381 e. The summed E-state index contributed by atoms with van der Waals surface area (Å²) in [4.78, 5) is 30.3. The van der Waals surface area contributed by atoms with Gasteiger partial charge in [-0.3, -0.25) is 9.59 Å². The lowest BCUT2D eigenvalue weighted by Crippen LogP contribution is -2.45. The third-order valence-electron chi connectivity index (χ3n) is 6.75. The van der Waals surface area contributed by atoms with Crippen molar-refractivity contribution in [2.75, 3.05) is 39.4 Å². The van der Waals surface area contributed by atoms with E-state index < -0.39 is 0 Å². The topological polar surface area (TPSA) is 49.9 Å². The van der Waals surface area contributed by atoms with Crippen LogP contribution in [0.3, 0.4) is 0 Å². The van der Waals surface area contributed by atoms with Crippen LogP contribution in [0.25, 0.3) is 0 Å². The summed E-state index contributed by atoms with van der Waals surface area (Å²) in [5.74, 6) is 0.227. The van der Waals surface area contributed by atoms with Crippen LogP contribution in [0.15, 0.2) is 24.3 Å². The highest BCUT2D eigenvalue weighted by Crippen LogP contribution is 2.45. The third-order valence-corrected chi connectivity index (χ3v) is 6.75. The van der Waals surface area contributed by atoms with Gasteiger partial charge in [0.25, 0.3) is 5.91 Å². The van der Waals surface area contributed by atoms with Crippen LogP contribution in [0.4, 0.5) is 0 Å². The number of benzene rings is 1. The number of rotatable bonds is 3. The third kappa shape index (κ3) is 3.49. The Labute approximate surface area is 161 Å². The van der Waals surface area contributed by atoms with Crippen molar-refractivity contribution in [1.29, 1.82) is 0 Å². The maximum atomic E-state index is 13.3. The molecule has 3 aliphatic rings. The number of amides is 2. The van der Waals surface area contributed by atoms with Crippen molar-refractivity contribution < 1.29 is 14.3 Å². The molecule has 1 aromatic carbocycles. The van der Waals surface area contributed by atoms with E-state index in [-0.39, 0.29) is 23.1 Å². The van der Waals surface area contributed by atoms with E-state index in [1.165, 1.54) is 5.56 Å². The van der Waals surface area contributed by atoms with Gasteiger partial charge in [-0.25, -0.2) is 0 Å². The van der Waals surface area contributed by atoms with Gasteiger partial charge in [-0.1, -0.05) is 19.1 Å². The molecule has 5 heteroatoms. The molecule has 0 aliphatic carbocycles. The Morgan fingerprint density at radius 1 is 1.07 bits per heavy atom. The normalized spacial score (nSPS) is 24.6. The first-order chi connectivity index (χ1) is 13.1. The lowest BCUT2D eigenvalue weighted by atomic mass is 9.71. The van der Waals surface area contributed by atoms with Crippen molar-refractivity contribution >= 4 is 11.8 Å². The average molecular weight is 370 g/mol. The highest BCUT2D eigenvalue weighted by molar-refractivity contribution is 5.95. The van der Waals surface area contributed by atoms with Crippen LogP contribution >= 0.6 is 0 Å². The molecule has 146 valence electrons. The smallest absolute Gasteiger partial charge is 0.253 e. The number of hydrogen-bond acceptors (Lipinski definition) is 3. The summed E-state index contributed by atoms with van der Waals surface area (Å²) < 4.78 is 5.59. The first-order valence-electron chi connectivity index (χ1n) is 10.4. The molecule has 2 amide bonds. The maximum absolute atomic E-state index is 13.3. The Hall–Kier alpha value is -1.88. The molecular weight excluding hydrogens is 340 g/mol. The molecular formula is C22H30N2O3. The van der Waals surface area contributed by atoms with Gasteiger partial charge in [0, 0.05) is 50.4 Å². The van der Waals surface area contributed by atoms with Gasteiger partial charge in [0.05, 0.1) is 5.92 Å². The lowest BCUT2D eigenvalue weighted by molar-refractivity contribution is -0.139. The molecule has 1 aromatic rings. The Kier molecular flexibility index (Phi) is 5.22. The van der Waals surface area contributed by atoms with Crippen molar-refractivity contribution in [1.82, 2.24) is 9.80 Å². The number of carbonyl (C=O) groups is 2. The minimum absolute atomic E-state index is 0.0558. The van der Waals surface area contributed by atoms with Crippen molar-refractivity contribution in [2.24, 2.45) is 11.3 Å². The SMILES string of the molecule is CCc1ccc(C(=O)N2CC(C(=O)N3CCCC3)C3(CCOCC3)C2)cc1. The van der Waals surface area contributed by atoms with Crippen molar-refractivity contribution in [3.8, 4) is 0 Å². The number of aryl methyl sites for hydroxylation is 1. The molecule has 0 aromatic heterocycles. The van der Waals surface area contributed by atoms with Gasteiger partial charge in [0.2, 0.25) is 5.91 Å². The molecule has 4 rings (SSSR count). The second-order valence-corrected chi connectivity index (χ2v) is 8.30. The van der Waals surface area contributed by atoms with Crippen molar-refractivity contribution in [2.45, 2.75) is 39.0 Å². The highest BCUT2D eigenvalue weighted by Gasteiger charge is 2.52. The fourth-order valence-electron chi connectivity index (χ4n) is 4.97. The predicted molar refractivity (Wildman–Crippen MR) is 104 cm³/mol. The Morgan fingerprint density at radius 2 is 1.74 bits per heavy atom. The van der Waals surface area contributed by atoms with Crippen LogP contribution in [0.5, 0.6) is 0 Å². The average Bonchev–Trinajstić information content (AvgIpc) is 3.36. The highest BCUT2D eigenvalue weighted by atomic mass is 16.5. The molecule has 3 heterocycles. The minimum atomic E-state index is -0.114. The van der Waals surface area contributed by atoms with E-state index in [4.69, 9.17) is 4.74 Å².